The number of phenolic OH excluding ortho intramolecular Hbond substituents is 1. The van der Waals surface area contributed by atoms with Crippen molar-refractivity contribution in [1.82, 2.24) is 0 Å². The van der Waals surface area contributed by atoms with E-state index in [-0.39, 0.29) is 5.41 Å². The summed E-state index contributed by atoms with van der Waals surface area (Å²) in [7, 11) is 0. The first-order chi connectivity index (χ1) is 7.48. The van der Waals surface area contributed by atoms with Gasteiger partial charge in [-0.2, -0.15) is 0 Å². The Morgan fingerprint density at radius 2 is 1.75 bits per heavy atom. The maximum absolute atomic E-state index is 9.63. The van der Waals surface area contributed by atoms with Crippen LogP contribution in [0.3, 0.4) is 0 Å². The number of anilines is 1. The SMILES string of the molecule is CC(C)(C)c1cc(O)ccc1N1CCCC1. The summed E-state index contributed by atoms with van der Waals surface area (Å²) in [6.45, 7) is 8.88. The Balaban J connectivity index is 2.43. The summed E-state index contributed by atoms with van der Waals surface area (Å²) in [4.78, 5) is 2.43. The van der Waals surface area contributed by atoms with Crippen molar-refractivity contribution in [2.45, 2.75) is 39.0 Å². The van der Waals surface area contributed by atoms with Crippen LogP contribution in [0.1, 0.15) is 39.2 Å². The molecule has 1 N–H and O–H groups in total. The molecule has 1 fully saturated rings. The number of nitrogens with zero attached hydrogens (tertiary/aromatic N) is 1. The van der Waals surface area contributed by atoms with Crippen LogP contribution in [0.15, 0.2) is 18.2 Å². The molecule has 1 aromatic rings. The molecule has 0 unspecified atom stereocenters. The van der Waals surface area contributed by atoms with Gasteiger partial charge in [0, 0.05) is 18.8 Å². The molecule has 16 heavy (non-hydrogen) atoms. The molecular weight excluding hydrogens is 198 g/mol. The third-order valence-corrected chi connectivity index (χ3v) is 3.23. The molecule has 0 bridgehead atoms. The summed E-state index contributed by atoms with van der Waals surface area (Å²) >= 11 is 0. The van der Waals surface area contributed by atoms with E-state index in [4.69, 9.17) is 0 Å². The van der Waals surface area contributed by atoms with Crippen LogP contribution in [0.25, 0.3) is 0 Å². The highest BCUT2D eigenvalue weighted by molar-refractivity contribution is 5.59. The molecule has 0 amide bonds. The largest absolute Gasteiger partial charge is 0.508 e. The van der Waals surface area contributed by atoms with Gasteiger partial charge in [-0.3, -0.25) is 0 Å². The van der Waals surface area contributed by atoms with Crippen molar-refractivity contribution in [1.29, 1.82) is 0 Å². The minimum Gasteiger partial charge on any atom is -0.508 e. The Bertz CT molecular complexity index is 373. The van der Waals surface area contributed by atoms with Crippen LogP contribution in [-0.2, 0) is 5.41 Å². The third kappa shape index (κ3) is 2.16. The van der Waals surface area contributed by atoms with E-state index in [1.54, 1.807) is 6.07 Å². The van der Waals surface area contributed by atoms with E-state index < -0.39 is 0 Å². The molecule has 2 rings (SSSR count). The van der Waals surface area contributed by atoms with Gasteiger partial charge in [0.25, 0.3) is 0 Å². The quantitative estimate of drug-likeness (QED) is 0.783. The van der Waals surface area contributed by atoms with Gasteiger partial charge in [0.05, 0.1) is 0 Å². The molecule has 88 valence electrons. The van der Waals surface area contributed by atoms with Crippen LogP contribution in [0.2, 0.25) is 0 Å². The first-order valence-corrected chi connectivity index (χ1v) is 6.07. The summed E-state index contributed by atoms with van der Waals surface area (Å²) in [6.07, 6.45) is 2.56. The van der Waals surface area contributed by atoms with Gasteiger partial charge in [-0.15, -0.1) is 0 Å². The lowest BCUT2D eigenvalue weighted by Gasteiger charge is -2.28. The smallest absolute Gasteiger partial charge is 0.116 e. The second-order valence-corrected chi connectivity index (χ2v) is 5.65. The number of rotatable bonds is 1. The van der Waals surface area contributed by atoms with E-state index in [2.05, 4.69) is 31.7 Å². The van der Waals surface area contributed by atoms with E-state index in [0.29, 0.717) is 5.75 Å². The maximum atomic E-state index is 9.63. The highest BCUT2D eigenvalue weighted by Crippen LogP contribution is 2.35. The van der Waals surface area contributed by atoms with Gasteiger partial charge in [0.1, 0.15) is 5.75 Å². The van der Waals surface area contributed by atoms with Crippen LogP contribution < -0.4 is 4.90 Å². The molecule has 0 aliphatic carbocycles. The first kappa shape index (κ1) is 11.3. The van der Waals surface area contributed by atoms with Crippen molar-refractivity contribution in [3.8, 4) is 5.75 Å². The van der Waals surface area contributed by atoms with Crippen LogP contribution in [0.4, 0.5) is 5.69 Å². The van der Waals surface area contributed by atoms with Gasteiger partial charge in [-0.25, -0.2) is 0 Å². The average molecular weight is 219 g/mol. The third-order valence-electron chi connectivity index (χ3n) is 3.23. The van der Waals surface area contributed by atoms with E-state index in [9.17, 15) is 5.11 Å². The van der Waals surface area contributed by atoms with Gasteiger partial charge < -0.3 is 10.0 Å². The second kappa shape index (κ2) is 4.00. The van der Waals surface area contributed by atoms with E-state index in [1.807, 2.05) is 6.07 Å². The average Bonchev–Trinajstić information content (AvgIpc) is 2.69. The Hall–Kier alpha value is -1.18. The van der Waals surface area contributed by atoms with Crippen LogP contribution >= 0.6 is 0 Å². The lowest BCUT2D eigenvalue weighted by molar-refractivity contribution is 0.471. The Morgan fingerprint density at radius 1 is 1.12 bits per heavy atom. The Morgan fingerprint density at radius 3 is 2.31 bits per heavy atom. The topological polar surface area (TPSA) is 23.5 Å². The summed E-state index contributed by atoms with van der Waals surface area (Å²) < 4.78 is 0. The lowest BCUT2D eigenvalue weighted by Crippen LogP contribution is -2.23. The fraction of sp³-hybridized carbons (Fsp3) is 0.571. The van der Waals surface area contributed by atoms with Crippen molar-refractivity contribution < 1.29 is 5.11 Å². The summed E-state index contributed by atoms with van der Waals surface area (Å²) in [5, 5.41) is 9.63. The van der Waals surface area contributed by atoms with Gasteiger partial charge in [-0.05, 0) is 42.0 Å². The number of benzene rings is 1. The molecule has 1 saturated heterocycles. The molecule has 0 atom stereocenters. The fourth-order valence-electron chi connectivity index (χ4n) is 2.36. The van der Waals surface area contributed by atoms with Crippen molar-refractivity contribution in [2.24, 2.45) is 0 Å². The molecule has 2 nitrogen and oxygen atoms in total. The van der Waals surface area contributed by atoms with E-state index in [0.717, 1.165) is 13.1 Å². The molecule has 0 saturated carbocycles. The number of hydrogen-bond acceptors (Lipinski definition) is 2. The lowest BCUT2D eigenvalue weighted by atomic mass is 9.85. The van der Waals surface area contributed by atoms with E-state index >= 15 is 0 Å². The predicted molar refractivity (Wildman–Crippen MR) is 68.3 cm³/mol. The predicted octanol–water partition coefficient (Wildman–Crippen LogP) is 3.29. The Labute approximate surface area is 97.9 Å². The zero-order chi connectivity index (χ0) is 11.8. The molecule has 0 spiro atoms. The van der Waals surface area contributed by atoms with Crippen LogP contribution in [0, 0.1) is 0 Å². The first-order valence-electron chi connectivity index (χ1n) is 6.07. The minimum atomic E-state index is 0.0800. The summed E-state index contributed by atoms with van der Waals surface area (Å²) in [5.74, 6) is 0.368. The normalized spacial score (nSPS) is 16.8. The highest BCUT2D eigenvalue weighted by Gasteiger charge is 2.23. The summed E-state index contributed by atoms with van der Waals surface area (Å²) in [6, 6.07) is 5.76. The zero-order valence-corrected chi connectivity index (χ0v) is 10.5. The number of aromatic hydroxyl groups is 1. The Kier molecular flexibility index (Phi) is 2.83. The standard InChI is InChI=1S/C14H21NO/c1-14(2,3)12-10-11(16)6-7-13(12)15-8-4-5-9-15/h6-7,10,16H,4-5,8-9H2,1-3H3. The van der Waals surface area contributed by atoms with Gasteiger partial charge >= 0.3 is 0 Å². The van der Waals surface area contributed by atoms with Crippen molar-refractivity contribution >= 4 is 5.69 Å². The monoisotopic (exact) mass is 219 g/mol. The zero-order valence-electron chi connectivity index (χ0n) is 10.5. The maximum Gasteiger partial charge on any atom is 0.116 e. The molecule has 1 heterocycles. The molecular formula is C14H21NO. The number of phenols is 1. The summed E-state index contributed by atoms with van der Waals surface area (Å²) in [5.41, 5.74) is 2.62. The molecule has 0 aromatic heterocycles. The minimum absolute atomic E-state index is 0.0800. The molecule has 1 aromatic carbocycles. The van der Waals surface area contributed by atoms with Crippen molar-refractivity contribution in [3.05, 3.63) is 23.8 Å². The van der Waals surface area contributed by atoms with Gasteiger partial charge in [0.2, 0.25) is 0 Å². The molecule has 1 aliphatic rings. The van der Waals surface area contributed by atoms with Gasteiger partial charge in [0.15, 0.2) is 0 Å². The van der Waals surface area contributed by atoms with Crippen LogP contribution in [-0.4, -0.2) is 18.2 Å². The van der Waals surface area contributed by atoms with Gasteiger partial charge in [-0.1, -0.05) is 20.8 Å². The highest BCUT2D eigenvalue weighted by atomic mass is 16.3. The van der Waals surface area contributed by atoms with Crippen molar-refractivity contribution in [2.75, 3.05) is 18.0 Å². The molecule has 2 heteroatoms. The van der Waals surface area contributed by atoms with Crippen LogP contribution in [0.5, 0.6) is 5.75 Å². The van der Waals surface area contributed by atoms with E-state index in [1.165, 1.54) is 24.1 Å². The fourth-order valence-corrected chi connectivity index (χ4v) is 2.36. The number of hydrogen-bond donors (Lipinski definition) is 1. The molecule has 0 radical (unpaired) electrons. The van der Waals surface area contributed by atoms with Crippen molar-refractivity contribution in [3.63, 3.8) is 0 Å². The molecule has 1 aliphatic heterocycles. The second-order valence-electron chi connectivity index (χ2n) is 5.65.